The van der Waals surface area contributed by atoms with Gasteiger partial charge in [-0.05, 0) is 42.2 Å². The molecule has 0 saturated carbocycles. The van der Waals surface area contributed by atoms with Crippen LogP contribution in [0.1, 0.15) is 22.3 Å². The number of nitrogens with one attached hydrogen (secondary N) is 1. The highest BCUT2D eigenvalue weighted by molar-refractivity contribution is 5.95. The van der Waals surface area contributed by atoms with Crippen molar-refractivity contribution in [3.8, 4) is 11.1 Å². The lowest BCUT2D eigenvalue weighted by Gasteiger charge is -2.29. The van der Waals surface area contributed by atoms with E-state index in [2.05, 4.69) is 16.9 Å². The van der Waals surface area contributed by atoms with Gasteiger partial charge in [-0.2, -0.15) is 0 Å². The SMILES string of the molecule is C=CCNC(=O)C1(Cc2ccccc2-c2ccccc2F)CCN(C(=O)c2ccncc2)C1. The molecule has 3 aromatic rings. The molecule has 0 radical (unpaired) electrons. The second kappa shape index (κ2) is 9.77. The number of benzene rings is 2. The van der Waals surface area contributed by atoms with Crippen LogP contribution in [0.15, 0.2) is 85.7 Å². The molecule has 2 aromatic carbocycles. The third kappa shape index (κ3) is 4.70. The normalized spacial score (nSPS) is 17.5. The summed E-state index contributed by atoms with van der Waals surface area (Å²) in [6.45, 7) is 4.77. The summed E-state index contributed by atoms with van der Waals surface area (Å²) in [5.41, 5.74) is 1.84. The molecule has 1 aromatic heterocycles. The number of carbonyl (C=O) groups excluding carboxylic acids is 2. The molecule has 5 nitrogen and oxygen atoms in total. The van der Waals surface area contributed by atoms with Gasteiger partial charge in [0.25, 0.3) is 5.91 Å². The Morgan fingerprint density at radius 2 is 1.76 bits per heavy atom. The zero-order chi connectivity index (χ0) is 23.3. The number of likely N-dealkylation sites (tertiary alicyclic amines) is 1. The highest BCUT2D eigenvalue weighted by Gasteiger charge is 2.46. The fourth-order valence-corrected chi connectivity index (χ4v) is 4.47. The molecule has 0 bridgehead atoms. The van der Waals surface area contributed by atoms with E-state index in [1.165, 1.54) is 6.07 Å². The molecule has 1 atom stereocenters. The third-order valence-corrected chi connectivity index (χ3v) is 6.17. The van der Waals surface area contributed by atoms with Gasteiger partial charge in [-0.15, -0.1) is 6.58 Å². The van der Waals surface area contributed by atoms with Crippen molar-refractivity contribution in [3.63, 3.8) is 0 Å². The number of halogens is 1. The lowest BCUT2D eigenvalue weighted by Crippen LogP contribution is -2.45. The number of amides is 2. The third-order valence-electron chi connectivity index (χ3n) is 6.17. The number of hydrogen-bond donors (Lipinski definition) is 1. The van der Waals surface area contributed by atoms with E-state index < -0.39 is 5.41 Å². The summed E-state index contributed by atoms with van der Waals surface area (Å²) < 4.78 is 14.6. The average Bonchev–Trinajstić information content (AvgIpc) is 3.28. The van der Waals surface area contributed by atoms with Crippen LogP contribution >= 0.6 is 0 Å². The first-order valence-electron chi connectivity index (χ1n) is 11.0. The van der Waals surface area contributed by atoms with Crippen LogP contribution in [0.5, 0.6) is 0 Å². The summed E-state index contributed by atoms with van der Waals surface area (Å²) in [5.74, 6) is -0.565. The van der Waals surface area contributed by atoms with E-state index in [4.69, 9.17) is 0 Å². The predicted molar refractivity (Wildman–Crippen MR) is 126 cm³/mol. The fraction of sp³-hybridized carbons (Fsp3) is 0.222. The molecule has 4 rings (SSSR count). The molecule has 1 saturated heterocycles. The molecule has 1 N–H and O–H groups in total. The monoisotopic (exact) mass is 443 g/mol. The van der Waals surface area contributed by atoms with E-state index in [0.717, 1.165) is 11.1 Å². The van der Waals surface area contributed by atoms with Crippen LogP contribution in [-0.4, -0.2) is 41.3 Å². The first-order chi connectivity index (χ1) is 16.0. The van der Waals surface area contributed by atoms with Gasteiger partial charge in [-0.3, -0.25) is 14.6 Å². The van der Waals surface area contributed by atoms with Crippen LogP contribution < -0.4 is 5.32 Å². The molecule has 1 aliphatic rings. The Hall–Kier alpha value is -3.80. The van der Waals surface area contributed by atoms with Gasteiger partial charge in [-0.25, -0.2) is 4.39 Å². The predicted octanol–water partition coefficient (Wildman–Crippen LogP) is 4.26. The second-order valence-electron chi connectivity index (χ2n) is 8.31. The summed E-state index contributed by atoms with van der Waals surface area (Å²) in [5, 5.41) is 2.93. The number of rotatable bonds is 7. The quantitative estimate of drug-likeness (QED) is 0.555. The lowest BCUT2D eigenvalue weighted by molar-refractivity contribution is -0.130. The maximum Gasteiger partial charge on any atom is 0.253 e. The number of aromatic nitrogens is 1. The van der Waals surface area contributed by atoms with Crippen molar-refractivity contribution in [3.05, 3.63) is 103 Å². The first-order valence-corrected chi connectivity index (χ1v) is 11.0. The van der Waals surface area contributed by atoms with Crippen molar-refractivity contribution >= 4 is 11.8 Å². The molecule has 0 spiro atoms. The topological polar surface area (TPSA) is 62.3 Å². The molecule has 1 fully saturated rings. The Bertz CT molecular complexity index is 1160. The van der Waals surface area contributed by atoms with Gasteiger partial charge in [0.1, 0.15) is 5.82 Å². The summed E-state index contributed by atoms with van der Waals surface area (Å²) in [6, 6.07) is 17.5. The van der Waals surface area contributed by atoms with Gasteiger partial charge in [-0.1, -0.05) is 48.5 Å². The van der Waals surface area contributed by atoms with Crippen LogP contribution in [0.25, 0.3) is 11.1 Å². The van der Waals surface area contributed by atoms with Gasteiger partial charge < -0.3 is 10.2 Å². The first kappa shape index (κ1) is 22.4. The van der Waals surface area contributed by atoms with Crippen LogP contribution in [0.2, 0.25) is 0 Å². The van der Waals surface area contributed by atoms with Crippen LogP contribution in [-0.2, 0) is 11.2 Å². The van der Waals surface area contributed by atoms with Crippen molar-refractivity contribution in [2.24, 2.45) is 5.41 Å². The van der Waals surface area contributed by atoms with E-state index in [1.54, 1.807) is 53.7 Å². The van der Waals surface area contributed by atoms with Crippen LogP contribution in [0, 0.1) is 11.2 Å². The number of pyridine rings is 1. The van der Waals surface area contributed by atoms with Crippen molar-refractivity contribution in [1.29, 1.82) is 0 Å². The van der Waals surface area contributed by atoms with Crippen molar-refractivity contribution in [2.75, 3.05) is 19.6 Å². The maximum absolute atomic E-state index is 14.6. The van der Waals surface area contributed by atoms with E-state index >= 15 is 0 Å². The molecule has 2 amide bonds. The van der Waals surface area contributed by atoms with Crippen LogP contribution in [0.3, 0.4) is 0 Å². The number of nitrogens with zero attached hydrogens (tertiary/aromatic N) is 2. The molecule has 0 aliphatic carbocycles. The second-order valence-corrected chi connectivity index (χ2v) is 8.31. The molecule has 2 heterocycles. The standard InChI is InChI=1S/C27H26FN3O2/c1-2-14-30-26(33)27(13-17-31(19-27)25(32)20-11-15-29-16-12-20)18-21-7-3-4-8-22(21)23-9-5-6-10-24(23)28/h2-12,15-16H,1,13-14,17-19H2,(H,30,33). The molecule has 168 valence electrons. The zero-order valence-corrected chi connectivity index (χ0v) is 18.3. The Morgan fingerprint density at radius 3 is 2.48 bits per heavy atom. The van der Waals surface area contributed by atoms with E-state index in [9.17, 15) is 14.0 Å². The van der Waals surface area contributed by atoms with Gasteiger partial charge in [0.2, 0.25) is 5.91 Å². The molecule has 33 heavy (non-hydrogen) atoms. The Kier molecular flexibility index (Phi) is 6.63. The van der Waals surface area contributed by atoms with E-state index in [-0.39, 0.29) is 24.2 Å². The molecular formula is C27H26FN3O2. The Morgan fingerprint density at radius 1 is 1.06 bits per heavy atom. The van der Waals surface area contributed by atoms with Gasteiger partial charge >= 0.3 is 0 Å². The summed E-state index contributed by atoms with van der Waals surface area (Å²) in [4.78, 5) is 32.1. The maximum atomic E-state index is 14.6. The highest BCUT2D eigenvalue weighted by atomic mass is 19.1. The van der Waals surface area contributed by atoms with Crippen LogP contribution in [0.4, 0.5) is 4.39 Å². The minimum Gasteiger partial charge on any atom is -0.352 e. The minimum atomic E-state index is -0.826. The molecule has 1 aliphatic heterocycles. The Labute approximate surface area is 193 Å². The lowest BCUT2D eigenvalue weighted by atomic mass is 9.78. The van der Waals surface area contributed by atoms with Crippen molar-refractivity contribution in [2.45, 2.75) is 12.8 Å². The van der Waals surface area contributed by atoms with Gasteiger partial charge in [0.15, 0.2) is 0 Å². The van der Waals surface area contributed by atoms with E-state index in [1.807, 2.05) is 24.3 Å². The van der Waals surface area contributed by atoms with E-state index in [0.29, 0.717) is 37.1 Å². The summed E-state index contributed by atoms with van der Waals surface area (Å²) >= 11 is 0. The fourth-order valence-electron chi connectivity index (χ4n) is 4.47. The Balaban J connectivity index is 1.67. The van der Waals surface area contributed by atoms with Gasteiger partial charge in [0, 0.05) is 43.2 Å². The highest BCUT2D eigenvalue weighted by Crippen LogP contribution is 2.38. The smallest absolute Gasteiger partial charge is 0.253 e. The number of carbonyl (C=O) groups is 2. The summed E-state index contributed by atoms with van der Waals surface area (Å²) in [6.07, 6.45) is 5.70. The largest absolute Gasteiger partial charge is 0.352 e. The molecule has 6 heteroatoms. The number of hydrogen-bond acceptors (Lipinski definition) is 3. The minimum absolute atomic E-state index is 0.127. The molecular weight excluding hydrogens is 417 g/mol. The van der Waals surface area contributed by atoms with Crippen molar-refractivity contribution < 1.29 is 14.0 Å². The average molecular weight is 444 g/mol. The molecule has 1 unspecified atom stereocenters. The van der Waals surface area contributed by atoms with Gasteiger partial charge in [0.05, 0.1) is 5.41 Å². The summed E-state index contributed by atoms with van der Waals surface area (Å²) in [7, 11) is 0. The van der Waals surface area contributed by atoms with Crippen molar-refractivity contribution in [1.82, 2.24) is 15.2 Å². The zero-order valence-electron chi connectivity index (χ0n) is 18.3.